The minimum absolute atomic E-state index is 0.0122. The maximum absolute atomic E-state index is 12.4. The maximum Gasteiger partial charge on any atom is 0.401 e. The van der Waals surface area contributed by atoms with Crippen molar-refractivity contribution in [2.24, 2.45) is 0 Å². The molecule has 1 aliphatic heterocycles. The molecule has 1 aliphatic rings. The molecule has 1 N–H and O–H groups in total. The van der Waals surface area contributed by atoms with Crippen LogP contribution in [0, 0.1) is 10.1 Å². The number of para-hydroxylation sites is 1. The van der Waals surface area contributed by atoms with E-state index in [1.807, 2.05) is 0 Å². The number of halogens is 3. The summed E-state index contributed by atoms with van der Waals surface area (Å²) in [5.74, 6) is 0. The van der Waals surface area contributed by atoms with Gasteiger partial charge < -0.3 is 5.32 Å². The Morgan fingerprint density at radius 2 is 2.08 bits per heavy atom. The van der Waals surface area contributed by atoms with Crippen molar-refractivity contribution in [3.63, 3.8) is 0 Å². The predicted molar refractivity (Wildman–Crippen MR) is 80.7 cm³/mol. The van der Waals surface area contributed by atoms with Gasteiger partial charge in [-0.25, -0.2) is 8.42 Å². The lowest BCUT2D eigenvalue weighted by Crippen LogP contribution is -2.34. The van der Waals surface area contributed by atoms with E-state index >= 15 is 0 Å². The van der Waals surface area contributed by atoms with E-state index in [0.717, 1.165) is 12.3 Å². The molecule has 1 saturated heterocycles. The molecular weight excluding hydrogens is 351 g/mol. The molecule has 7 nitrogen and oxygen atoms in total. The highest BCUT2D eigenvalue weighted by Crippen LogP contribution is 2.33. The predicted octanol–water partition coefficient (Wildman–Crippen LogP) is 2.05. The molecule has 11 heteroatoms. The lowest BCUT2D eigenvalue weighted by molar-refractivity contribution is -0.386. The molecule has 2 rings (SSSR count). The molecule has 1 unspecified atom stereocenters. The second kappa shape index (κ2) is 6.55. The van der Waals surface area contributed by atoms with Crippen molar-refractivity contribution in [1.82, 2.24) is 4.90 Å². The average molecular weight is 367 g/mol. The fourth-order valence-electron chi connectivity index (χ4n) is 2.69. The van der Waals surface area contributed by atoms with E-state index in [4.69, 9.17) is 0 Å². The molecule has 0 spiro atoms. The zero-order valence-corrected chi connectivity index (χ0v) is 13.5. The molecule has 0 saturated carbocycles. The molecule has 24 heavy (non-hydrogen) atoms. The Morgan fingerprint density at radius 3 is 2.62 bits per heavy atom. The Bertz CT molecular complexity index is 736. The van der Waals surface area contributed by atoms with Crippen molar-refractivity contribution < 1.29 is 26.5 Å². The molecule has 1 aromatic carbocycles. The first-order chi connectivity index (χ1) is 11.0. The minimum Gasteiger partial charge on any atom is -0.375 e. The Kier molecular flexibility index (Phi) is 5.04. The number of alkyl halides is 3. The number of likely N-dealkylation sites (tertiary alicyclic amines) is 1. The van der Waals surface area contributed by atoms with E-state index in [0.29, 0.717) is 6.42 Å². The Labute approximate surface area is 136 Å². The van der Waals surface area contributed by atoms with Gasteiger partial charge in [0.15, 0.2) is 9.84 Å². The molecule has 0 amide bonds. The van der Waals surface area contributed by atoms with Gasteiger partial charge in [-0.3, -0.25) is 15.0 Å². The van der Waals surface area contributed by atoms with Gasteiger partial charge >= 0.3 is 11.9 Å². The van der Waals surface area contributed by atoms with Gasteiger partial charge in [0.2, 0.25) is 0 Å². The zero-order valence-electron chi connectivity index (χ0n) is 12.7. The van der Waals surface area contributed by atoms with Crippen LogP contribution in [0.3, 0.4) is 0 Å². The van der Waals surface area contributed by atoms with Crippen LogP contribution in [0.4, 0.5) is 24.5 Å². The number of nitrogens with one attached hydrogen (secondary N) is 1. The van der Waals surface area contributed by atoms with E-state index in [1.54, 1.807) is 0 Å². The molecule has 1 aromatic rings. The average Bonchev–Trinajstić information content (AvgIpc) is 2.82. The molecule has 1 fully saturated rings. The van der Waals surface area contributed by atoms with Crippen molar-refractivity contribution in [3.8, 4) is 0 Å². The SMILES string of the molecule is CS(=O)(=O)c1cccc(NC2CCN(CC(F)(F)F)C2)c1[N+](=O)[O-]. The van der Waals surface area contributed by atoms with Crippen LogP contribution in [-0.4, -0.2) is 56.3 Å². The van der Waals surface area contributed by atoms with Crippen molar-refractivity contribution in [3.05, 3.63) is 28.3 Å². The molecule has 0 bridgehead atoms. The van der Waals surface area contributed by atoms with E-state index in [2.05, 4.69) is 5.32 Å². The van der Waals surface area contributed by atoms with Crippen LogP contribution in [0.5, 0.6) is 0 Å². The van der Waals surface area contributed by atoms with Gasteiger partial charge in [-0.2, -0.15) is 13.2 Å². The maximum atomic E-state index is 12.4. The molecule has 0 aliphatic carbocycles. The van der Waals surface area contributed by atoms with E-state index < -0.39 is 44.1 Å². The van der Waals surface area contributed by atoms with Gasteiger partial charge in [0.05, 0.1) is 11.5 Å². The number of sulfone groups is 1. The summed E-state index contributed by atoms with van der Waals surface area (Å²) in [7, 11) is -3.81. The Morgan fingerprint density at radius 1 is 1.42 bits per heavy atom. The number of anilines is 1. The number of nitro benzene ring substituents is 1. The molecule has 0 aromatic heterocycles. The summed E-state index contributed by atoms with van der Waals surface area (Å²) >= 11 is 0. The number of hydrogen-bond acceptors (Lipinski definition) is 6. The number of rotatable bonds is 5. The van der Waals surface area contributed by atoms with Crippen LogP contribution >= 0.6 is 0 Å². The van der Waals surface area contributed by atoms with Crippen LogP contribution in [0.25, 0.3) is 0 Å². The summed E-state index contributed by atoms with van der Waals surface area (Å²) in [6.45, 7) is -0.771. The Hall–Kier alpha value is -1.88. The van der Waals surface area contributed by atoms with E-state index in [1.165, 1.54) is 17.0 Å². The topological polar surface area (TPSA) is 92.6 Å². The minimum atomic E-state index is -4.31. The van der Waals surface area contributed by atoms with Gasteiger partial charge in [-0.15, -0.1) is 0 Å². The van der Waals surface area contributed by atoms with E-state index in [-0.39, 0.29) is 18.8 Å². The van der Waals surface area contributed by atoms with Gasteiger partial charge in [0.25, 0.3) is 0 Å². The molecule has 1 heterocycles. The summed E-state index contributed by atoms with van der Waals surface area (Å²) < 4.78 is 60.6. The van der Waals surface area contributed by atoms with Crippen LogP contribution in [-0.2, 0) is 9.84 Å². The highest BCUT2D eigenvalue weighted by molar-refractivity contribution is 7.90. The summed E-state index contributed by atoms with van der Waals surface area (Å²) in [6.07, 6.45) is -3.08. The third kappa shape index (κ3) is 4.57. The van der Waals surface area contributed by atoms with Gasteiger partial charge in [-0.1, -0.05) is 6.07 Å². The fraction of sp³-hybridized carbons (Fsp3) is 0.538. The van der Waals surface area contributed by atoms with Crippen molar-refractivity contribution in [1.29, 1.82) is 0 Å². The highest BCUT2D eigenvalue weighted by Gasteiger charge is 2.35. The number of benzene rings is 1. The highest BCUT2D eigenvalue weighted by atomic mass is 32.2. The third-order valence-corrected chi connectivity index (χ3v) is 4.74. The lowest BCUT2D eigenvalue weighted by atomic mass is 10.2. The Balaban J connectivity index is 2.21. The van der Waals surface area contributed by atoms with Gasteiger partial charge in [0, 0.05) is 25.4 Å². The van der Waals surface area contributed by atoms with Crippen molar-refractivity contribution in [2.75, 3.05) is 31.2 Å². The summed E-state index contributed by atoms with van der Waals surface area (Å²) in [4.78, 5) is 11.2. The van der Waals surface area contributed by atoms with Crippen LogP contribution in [0.1, 0.15) is 6.42 Å². The van der Waals surface area contributed by atoms with Crippen molar-refractivity contribution >= 4 is 21.2 Å². The summed E-state index contributed by atoms with van der Waals surface area (Å²) in [6, 6.07) is 3.40. The monoisotopic (exact) mass is 367 g/mol. The fourth-order valence-corrected chi connectivity index (χ4v) is 3.56. The smallest absolute Gasteiger partial charge is 0.375 e. The molecular formula is C13H16F3N3O4S. The number of nitrogens with zero attached hydrogens (tertiary/aromatic N) is 2. The zero-order chi connectivity index (χ0) is 18.1. The van der Waals surface area contributed by atoms with Gasteiger partial charge in [-0.05, 0) is 18.6 Å². The first-order valence-corrected chi connectivity index (χ1v) is 8.89. The second-order valence-electron chi connectivity index (χ2n) is 5.66. The molecule has 134 valence electrons. The lowest BCUT2D eigenvalue weighted by Gasteiger charge is -2.19. The summed E-state index contributed by atoms with van der Waals surface area (Å²) in [5.41, 5.74) is -0.601. The van der Waals surface area contributed by atoms with Crippen molar-refractivity contribution in [2.45, 2.75) is 23.5 Å². The second-order valence-corrected chi connectivity index (χ2v) is 7.65. The summed E-state index contributed by atoms with van der Waals surface area (Å²) in [5, 5.41) is 14.1. The standard InChI is InChI=1S/C13H16F3N3O4S/c1-24(22,23)11-4-2-3-10(12(11)19(20)21)17-9-5-6-18(7-9)8-13(14,15)16/h2-4,9,17H,5-8H2,1H3. The largest absolute Gasteiger partial charge is 0.401 e. The van der Waals surface area contributed by atoms with Crippen LogP contribution < -0.4 is 5.32 Å². The van der Waals surface area contributed by atoms with Gasteiger partial charge in [0.1, 0.15) is 10.6 Å². The number of hydrogen-bond donors (Lipinski definition) is 1. The van der Waals surface area contributed by atoms with Crippen LogP contribution in [0.2, 0.25) is 0 Å². The first-order valence-electron chi connectivity index (χ1n) is 7.00. The molecule has 1 atom stereocenters. The molecule has 0 radical (unpaired) electrons. The first kappa shape index (κ1) is 18.5. The third-order valence-electron chi connectivity index (χ3n) is 3.62. The van der Waals surface area contributed by atoms with E-state index in [9.17, 15) is 31.7 Å². The van der Waals surface area contributed by atoms with Crippen LogP contribution in [0.15, 0.2) is 23.1 Å². The number of nitro groups is 1. The normalized spacial score (nSPS) is 19.4. The quantitative estimate of drug-likeness (QED) is 0.632.